The molecule has 1 atom stereocenters. The summed E-state index contributed by atoms with van der Waals surface area (Å²) >= 11 is 0. The van der Waals surface area contributed by atoms with Crippen LogP contribution in [0.1, 0.15) is 18.6 Å². The number of aromatic nitrogens is 4. The minimum Gasteiger partial charge on any atom is -0.496 e. The molecule has 1 aromatic carbocycles. The van der Waals surface area contributed by atoms with Crippen molar-refractivity contribution in [2.24, 2.45) is 0 Å². The highest BCUT2D eigenvalue weighted by atomic mass is 16.5. The van der Waals surface area contributed by atoms with E-state index in [0.717, 1.165) is 48.8 Å². The molecule has 0 bridgehead atoms. The first kappa shape index (κ1) is 19.8. The number of hydrogen-bond donors (Lipinski definition) is 2. The standard InChI is InChI=1S/C21H23N7O2/c1-4-28-7-8-30-18(13-28)14-5-6-15(17(9-14)29-3)16-10-19(27-26-16)25-21-12-23-20(22-2)11-24-21/h5-6,9-12,18H,4,7-8,13H2,1,3H3,(H2,24,25,26,27)/t18-/m0/s1. The van der Waals surface area contributed by atoms with Crippen molar-refractivity contribution in [1.82, 2.24) is 25.1 Å². The van der Waals surface area contributed by atoms with Gasteiger partial charge in [0.2, 0.25) is 0 Å². The van der Waals surface area contributed by atoms with E-state index in [0.29, 0.717) is 11.6 Å². The van der Waals surface area contributed by atoms with Crippen molar-refractivity contribution in [2.45, 2.75) is 13.0 Å². The summed E-state index contributed by atoms with van der Waals surface area (Å²) in [5.41, 5.74) is 2.81. The van der Waals surface area contributed by atoms with Gasteiger partial charge < -0.3 is 19.6 Å². The Kier molecular flexibility index (Phi) is 5.88. The Hall–Kier alpha value is -3.48. The van der Waals surface area contributed by atoms with E-state index in [1.807, 2.05) is 18.2 Å². The fourth-order valence-corrected chi connectivity index (χ4v) is 3.42. The Bertz CT molecular complexity index is 1040. The SMILES string of the molecule is [C-]#[N+]c1cnc(Nc2cc(-c3ccc([C@@H]4CN(CC)CCO4)cc3OC)[nH]n2)cn1. The summed E-state index contributed by atoms with van der Waals surface area (Å²) in [6.45, 7) is 12.7. The molecule has 4 rings (SSSR count). The number of aromatic amines is 1. The van der Waals surface area contributed by atoms with Gasteiger partial charge in [-0.05, 0) is 24.2 Å². The van der Waals surface area contributed by atoms with Gasteiger partial charge in [-0.1, -0.05) is 19.6 Å². The van der Waals surface area contributed by atoms with Crippen LogP contribution in [0.25, 0.3) is 16.1 Å². The van der Waals surface area contributed by atoms with Gasteiger partial charge in [0, 0.05) is 24.7 Å². The van der Waals surface area contributed by atoms with Crippen molar-refractivity contribution in [3.8, 4) is 17.0 Å². The first-order valence-electron chi connectivity index (χ1n) is 9.74. The molecule has 1 aliphatic heterocycles. The predicted octanol–water partition coefficient (Wildman–Crippen LogP) is 3.56. The average molecular weight is 405 g/mol. The molecular weight excluding hydrogens is 382 g/mol. The molecule has 0 radical (unpaired) electrons. The Balaban J connectivity index is 1.53. The van der Waals surface area contributed by atoms with E-state index in [9.17, 15) is 0 Å². The lowest BCUT2D eigenvalue weighted by Gasteiger charge is -2.32. The number of nitrogens with one attached hydrogen (secondary N) is 2. The number of methoxy groups -OCH3 is 1. The number of H-pyrrole nitrogens is 1. The second-order valence-electron chi connectivity index (χ2n) is 6.88. The van der Waals surface area contributed by atoms with Gasteiger partial charge in [-0.3, -0.25) is 10.00 Å². The number of morpholine rings is 1. The number of anilines is 2. The predicted molar refractivity (Wildman–Crippen MR) is 113 cm³/mol. The second kappa shape index (κ2) is 8.90. The lowest BCUT2D eigenvalue weighted by atomic mass is 10.0. The summed E-state index contributed by atoms with van der Waals surface area (Å²) in [5.74, 6) is 2.10. The molecule has 0 unspecified atom stereocenters. The van der Waals surface area contributed by atoms with Gasteiger partial charge in [0.05, 0.1) is 31.7 Å². The normalized spacial score (nSPS) is 16.8. The Morgan fingerprint density at radius 1 is 1.30 bits per heavy atom. The van der Waals surface area contributed by atoms with Crippen molar-refractivity contribution in [3.63, 3.8) is 0 Å². The smallest absolute Gasteiger partial charge is 0.288 e. The van der Waals surface area contributed by atoms with Crippen molar-refractivity contribution in [3.05, 3.63) is 53.6 Å². The first-order valence-corrected chi connectivity index (χ1v) is 9.74. The van der Waals surface area contributed by atoms with Crippen LogP contribution in [0.2, 0.25) is 0 Å². The largest absolute Gasteiger partial charge is 0.496 e. The van der Waals surface area contributed by atoms with E-state index in [4.69, 9.17) is 16.0 Å². The maximum Gasteiger partial charge on any atom is 0.288 e. The van der Waals surface area contributed by atoms with Gasteiger partial charge in [-0.2, -0.15) is 5.10 Å². The number of benzene rings is 1. The highest BCUT2D eigenvalue weighted by molar-refractivity contribution is 5.71. The number of hydrogen-bond acceptors (Lipinski definition) is 7. The minimum absolute atomic E-state index is 0.0395. The zero-order valence-corrected chi connectivity index (χ0v) is 16.9. The minimum atomic E-state index is 0.0395. The lowest BCUT2D eigenvalue weighted by molar-refractivity contribution is -0.0282. The molecule has 30 heavy (non-hydrogen) atoms. The van der Waals surface area contributed by atoms with Crippen LogP contribution in [0.4, 0.5) is 17.5 Å². The summed E-state index contributed by atoms with van der Waals surface area (Å²) in [4.78, 5) is 13.8. The molecule has 1 aliphatic rings. The molecule has 9 nitrogen and oxygen atoms in total. The van der Waals surface area contributed by atoms with Crippen LogP contribution in [-0.2, 0) is 4.74 Å². The summed E-state index contributed by atoms with van der Waals surface area (Å²) in [6.07, 6.45) is 2.95. The molecule has 154 valence electrons. The highest BCUT2D eigenvalue weighted by Crippen LogP contribution is 2.34. The molecular formula is C21H23N7O2. The van der Waals surface area contributed by atoms with Crippen LogP contribution in [0.3, 0.4) is 0 Å². The highest BCUT2D eigenvalue weighted by Gasteiger charge is 2.22. The zero-order chi connectivity index (χ0) is 20.9. The molecule has 1 fully saturated rings. The quantitative estimate of drug-likeness (QED) is 0.606. The van der Waals surface area contributed by atoms with E-state index in [-0.39, 0.29) is 11.9 Å². The molecule has 9 heteroatoms. The number of ether oxygens (including phenoxy) is 2. The van der Waals surface area contributed by atoms with E-state index < -0.39 is 0 Å². The summed E-state index contributed by atoms with van der Waals surface area (Å²) in [7, 11) is 1.66. The zero-order valence-electron chi connectivity index (χ0n) is 16.9. The number of nitrogens with zero attached hydrogens (tertiary/aromatic N) is 5. The van der Waals surface area contributed by atoms with Crippen molar-refractivity contribution in [1.29, 1.82) is 0 Å². The lowest BCUT2D eigenvalue weighted by Crippen LogP contribution is -2.38. The molecule has 0 amide bonds. The molecule has 2 N–H and O–H groups in total. The Labute approximate surface area is 174 Å². The van der Waals surface area contributed by atoms with Gasteiger partial charge >= 0.3 is 0 Å². The topological polar surface area (TPSA) is 92.6 Å². The average Bonchev–Trinajstić information content (AvgIpc) is 3.27. The molecule has 0 aliphatic carbocycles. The van der Waals surface area contributed by atoms with E-state index in [2.05, 4.69) is 48.2 Å². The van der Waals surface area contributed by atoms with Gasteiger partial charge in [-0.25, -0.2) is 4.98 Å². The van der Waals surface area contributed by atoms with Crippen molar-refractivity contribution >= 4 is 17.5 Å². The third-order valence-corrected chi connectivity index (χ3v) is 5.07. The fourth-order valence-electron chi connectivity index (χ4n) is 3.42. The van der Waals surface area contributed by atoms with Crippen LogP contribution < -0.4 is 10.1 Å². The monoisotopic (exact) mass is 405 g/mol. The number of rotatable bonds is 6. The van der Waals surface area contributed by atoms with Crippen LogP contribution >= 0.6 is 0 Å². The molecule has 3 heterocycles. The molecule has 0 saturated carbocycles. The van der Waals surface area contributed by atoms with Gasteiger partial charge in [0.15, 0.2) is 17.8 Å². The maximum atomic E-state index is 6.94. The fraction of sp³-hybridized carbons (Fsp3) is 0.333. The van der Waals surface area contributed by atoms with Crippen LogP contribution in [0, 0.1) is 6.57 Å². The number of likely N-dealkylation sites (N-methyl/N-ethyl adjacent to an activating group) is 1. The van der Waals surface area contributed by atoms with Crippen molar-refractivity contribution in [2.75, 3.05) is 38.7 Å². The summed E-state index contributed by atoms with van der Waals surface area (Å²) < 4.78 is 11.6. The van der Waals surface area contributed by atoms with E-state index >= 15 is 0 Å². The maximum absolute atomic E-state index is 6.94. The summed E-state index contributed by atoms with van der Waals surface area (Å²) in [5, 5.41) is 10.4. The van der Waals surface area contributed by atoms with Gasteiger partial charge in [-0.15, -0.1) is 4.98 Å². The third kappa shape index (κ3) is 4.25. The second-order valence-corrected chi connectivity index (χ2v) is 6.88. The molecule has 2 aromatic heterocycles. The first-order chi connectivity index (χ1) is 14.7. The van der Waals surface area contributed by atoms with Crippen molar-refractivity contribution < 1.29 is 9.47 Å². The van der Waals surface area contributed by atoms with Crippen LogP contribution in [-0.4, -0.2) is 58.4 Å². The molecule has 1 saturated heterocycles. The van der Waals surface area contributed by atoms with E-state index in [1.165, 1.54) is 12.4 Å². The molecule has 0 spiro atoms. The summed E-state index contributed by atoms with van der Waals surface area (Å²) in [6, 6.07) is 7.99. The van der Waals surface area contributed by atoms with Crippen LogP contribution in [0.5, 0.6) is 5.75 Å². The van der Waals surface area contributed by atoms with Gasteiger partial charge in [0.25, 0.3) is 5.82 Å². The Morgan fingerprint density at radius 3 is 2.93 bits per heavy atom. The Morgan fingerprint density at radius 2 is 2.20 bits per heavy atom. The van der Waals surface area contributed by atoms with Gasteiger partial charge in [0.1, 0.15) is 5.75 Å². The van der Waals surface area contributed by atoms with E-state index in [1.54, 1.807) is 7.11 Å². The van der Waals surface area contributed by atoms with Crippen LogP contribution in [0.15, 0.2) is 36.7 Å². The molecule has 3 aromatic rings. The third-order valence-electron chi connectivity index (χ3n) is 5.07.